The van der Waals surface area contributed by atoms with Gasteiger partial charge in [-0.15, -0.1) is 0 Å². The molecular weight excluding hydrogens is 362 g/mol. The van der Waals surface area contributed by atoms with Crippen molar-refractivity contribution in [1.29, 1.82) is 0 Å². The average molecular weight is 378 g/mol. The number of hydrogen-bond donors (Lipinski definition) is 2. The van der Waals surface area contributed by atoms with Crippen LogP contribution in [-0.4, -0.2) is 32.5 Å². The van der Waals surface area contributed by atoms with Crippen molar-refractivity contribution in [2.75, 3.05) is 13.1 Å². The zero-order valence-corrected chi connectivity index (χ0v) is 13.8. The number of hydrogen-bond acceptors (Lipinski definition) is 5. The van der Waals surface area contributed by atoms with Gasteiger partial charge in [0.15, 0.2) is 0 Å². The summed E-state index contributed by atoms with van der Waals surface area (Å²) < 4.78 is 27.7. The highest BCUT2D eigenvalue weighted by Gasteiger charge is 2.25. The number of piperidine rings is 1. The Bertz CT molecular complexity index is 657. The first kappa shape index (κ1) is 16.3. The molecule has 1 aromatic carbocycles. The lowest BCUT2D eigenvalue weighted by molar-refractivity contribution is -0.385. The van der Waals surface area contributed by atoms with Gasteiger partial charge in [-0.25, -0.2) is 13.1 Å². The average Bonchev–Trinajstić information content (AvgIpc) is 2.41. The molecular formula is C12H16BrN3O4S. The van der Waals surface area contributed by atoms with E-state index < -0.39 is 14.9 Å². The Morgan fingerprint density at radius 1 is 1.38 bits per heavy atom. The Labute approximate surface area is 131 Å². The zero-order chi connectivity index (χ0) is 15.6. The van der Waals surface area contributed by atoms with E-state index in [1.807, 2.05) is 0 Å². The van der Waals surface area contributed by atoms with Crippen molar-refractivity contribution in [3.05, 3.63) is 32.3 Å². The summed E-state index contributed by atoms with van der Waals surface area (Å²) in [5.41, 5.74) is 0.191. The lowest BCUT2D eigenvalue weighted by atomic mass is 10.1. The number of halogens is 1. The minimum Gasteiger partial charge on any atom is -0.317 e. The largest absolute Gasteiger partial charge is 0.317 e. The third kappa shape index (κ3) is 3.79. The lowest BCUT2D eigenvalue weighted by Crippen LogP contribution is -2.42. The fourth-order valence-corrected chi connectivity index (χ4v) is 4.16. The standard InChI is InChI=1S/C12H16BrN3O4S/c1-8-11(13)6-10(7-12(8)16(17)18)21(19,20)15-9-2-4-14-5-3-9/h6-7,9,14-15H,2-5H2,1H3. The van der Waals surface area contributed by atoms with Crippen LogP contribution in [0, 0.1) is 17.0 Å². The van der Waals surface area contributed by atoms with Gasteiger partial charge in [-0.2, -0.15) is 0 Å². The Kier molecular flexibility index (Phi) is 4.97. The molecule has 7 nitrogen and oxygen atoms in total. The van der Waals surface area contributed by atoms with Crippen molar-refractivity contribution in [2.45, 2.75) is 30.7 Å². The molecule has 1 heterocycles. The topological polar surface area (TPSA) is 101 Å². The number of nitro groups is 1. The Balaban J connectivity index is 2.33. The van der Waals surface area contributed by atoms with Gasteiger partial charge in [0, 0.05) is 22.1 Å². The molecule has 1 aromatic rings. The third-order valence-corrected chi connectivity index (χ3v) is 5.78. The molecule has 0 spiro atoms. The normalized spacial score (nSPS) is 16.9. The molecule has 0 bridgehead atoms. The zero-order valence-electron chi connectivity index (χ0n) is 11.4. The van der Waals surface area contributed by atoms with Gasteiger partial charge in [0.25, 0.3) is 5.69 Å². The summed E-state index contributed by atoms with van der Waals surface area (Å²) in [6, 6.07) is 2.35. The van der Waals surface area contributed by atoms with Gasteiger partial charge in [0.1, 0.15) is 0 Å². The molecule has 116 valence electrons. The number of nitrogens with one attached hydrogen (secondary N) is 2. The lowest BCUT2D eigenvalue weighted by Gasteiger charge is -2.23. The number of rotatable bonds is 4. The molecule has 9 heteroatoms. The molecule has 2 rings (SSSR count). The van der Waals surface area contributed by atoms with Crippen molar-refractivity contribution in [1.82, 2.24) is 10.0 Å². The first-order chi connectivity index (χ1) is 9.81. The highest BCUT2D eigenvalue weighted by molar-refractivity contribution is 9.10. The van der Waals surface area contributed by atoms with Gasteiger partial charge in [-0.3, -0.25) is 10.1 Å². The highest BCUT2D eigenvalue weighted by Crippen LogP contribution is 2.30. The summed E-state index contributed by atoms with van der Waals surface area (Å²) in [7, 11) is -3.77. The Morgan fingerprint density at radius 2 is 2.00 bits per heavy atom. The molecule has 0 aliphatic carbocycles. The van der Waals surface area contributed by atoms with Gasteiger partial charge < -0.3 is 5.32 Å². The van der Waals surface area contributed by atoms with Crippen LogP contribution in [0.15, 0.2) is 21.5 Å². The molecule has 0 radical (unpaired) electrons. The summed E-state index contributed by atoms with van der Waals surface area (Å²) in [5, 5.41) is 14.2. The van der Waals surface area contributed by atoms with Crippen molar-refractivity contribution in [3.8, 4) is 0 Å². The van der Waals surface area contributed by atoms with Crippen LogP contribution in [0.1, 0.15) is 18.4 Å². The van der Waals surface area contributed by atoms with E-state index in [0.717, 1.165) is 19.2 Å². The molecule has 0 aromatic heterocycles. The highest BCUT2D eigenvalue weighted by atomic mass is 79.9. The molecule has 1 aliphatic heterocycles. The SMILES string of the molecule is Cc1c(Br)cc(S(=O)(=O)NC2CCNCC2)cc1[N+](=O)[O-]. The Hall–Kier alpha value is -1.03. The van der Waals surface area contributed by atoms with Crippen LogP contribution in [0.25, 0.3) is 0 Å². The summed E-state index contributed by atoms with van der Waals surface area (Å²) in [4.78, 5) is 10.3. The fourth-order valence-electron chi connectivity index (χ4n) is 2.21. The van der Waals surface area contributed by atoms with Crippen LogP contribution in [0.3, 0.4) is 0 Å². The van der Waals surface area contributed by atoms with Crippen molar-refractivity contribution < 1.29 is 13.3 Å². The van der Waals surface area contributed by atoms with E-state index in [4.69, 9.17) is 0 Å². The van der Waals surface area contributed by atoms with E-state index in [9.17, 15) is 18.5 Å². The van der Waals surface area contributed by atoms with Gasteiger partial charge in [-0.05, 0) is 38.9 Å². The molecule has 2 N–H and O–H groups in total. The maximum Gasteiger partial charge on any atom is 0.274 e. The minimum absolute atomic E-state index is 0.0924. The quantitative estimate of drug-likeness (QED) is 0.614. The van der Waals surface area contributed by atoms with Crippen LogP contribution in [-0.2, 0) is 10.0 Å². The summed E-state index contributed by atoms with van der Waals surface area (Å²) in [5.74, 6) is 0. The summed E-state index contributed by atoms with van der Waals surface area (Å²) in [6.45, 7) is 3.08. The predicted molar refractivity (Wildman–Crippen MR) is 81.7 cm³/mol. The number of sulfonamides is 1. The third-order valence-electron chi connectivity index (χ3n) is 3.46. The smallest absolute Gasteiger partial charge is 0.274 e. The van der Waals surface area contributed by atoms with Gasteiger partial charge >= 0.3 is 0 Å². The molecule has 0 atom stereocenters. The van der Waals surface area contributed by atoms with Crippen molar-refractivity contribution in [3.63, 3.8) is 0 Å². The summed E-state index contributed by atoms with van der Waals surface area (Å²) in [6.07, 6.45) is 1.41. The maximum atomic E-state index is 12.4. The van der Waals surface area contributed by atoms with Gasteiger partial charge in [-0.1, -0.05) is 15.9 Å². The molecule has 21 heavy (non-hydrogen) atoms. The van der Waals surface area contributed by atoms with Crippen LogP contribution < -0.4 is 10.0 Å². The molecule has 0 saturated carbocycles. The monoisotopic (exact) mass is 377 g/mol. The van der Waals surface area contributed by atoms with Crippen LogP contribution in [0.5, 0.6) is 0 Å². The summed E-state index contributed by atoms with van der Waals surface area (Å²) >= 11 is 3.18. The second kappa shape index (κ2) is 6.39. The van der Waals surface area contributed by atoms with E-state index in [1.165, 1.54) is 6.07 Å². The van der Waals surface area contributed by atoms with E-state index in [2.05, 4.69) is 26.0 Å². The van der Waals surface area contributed by atoms with Crippen molar-refractivity contribution >= 4 is 31.6 Å². The molecule has 0 unspecified atom stereocenters. The first-order valence-electron chi connectivity index (χ1n) is 6.49. The van der Waals surface area contributed by atoms with E-state index in [-0.39, 0.29) is 16.6 Å². The molecule has 1 saturated heterocycles. The van der Waals surface area contributed by atoms with Crippen LogP contribution >= 0.6 is 15.9 Å². The van der Waals surface area contributed by atoms with Crippen LogP contribution in [0.4, 0.5) is 5.69 Å². The van der Waals surface area contributed by atoms with Crippen LogP contribution in [0.2, 0.25) is 0 Å². The molecule has 0 amide bonds. The van der Waals surface area contributed by atoms with E-state index >= 15 is 0 Å². The fraction of sp³-hybridized carbons (Fsp3) is 0.500. The second-order valence-electron chi connectivity index (χ2n) is 4.95. The number of nitrogens with zero attached hydrogens (tertiary/aromatic N) is 1. The second-order valence-corrected chi connectivity index (χ2v) is 7.52. The molecule has 1 fully saturated rings. The van der Waals surface area contributed by atoms with E-state index in [1.54, 1.807) is 6.92 Å². The minimum atomic E-state index is -3.77. The maximum absolute atomic E-state index is 12.4. The Morgan fingerprint density at radius 3 is 2.57 bits per heavy atom. The number of benzene rings is 1. The first-order valence-corrected chi connectivity index (χ1v) is 8.76. The van der Waals surface area contributed by atoms with Crippen molar-refractivity contribution in [2.24, 2.45) is 0 Å². The van der Waals surface area contributed by atoms with E-state index in [0.29, 0.717) is 22.9 Å². The van der Waals surface area contributed by atoms with Gasteiger partial charge in [0.2, 0.25) is 10.0 Å². The molecule has 1 aliphatic rings. The predicted octanol–water partition coefficient (Wildman–Crippen LogP) is 1.70. The van der Waals surface area contributed by atoms with Gasteiger partial charge in [0.05, 0.1) is 9.82 Å². The number of nitro benzene ring substituents is 1.